The van der Waals surface area contributed by atoms with Crippen molar-refractivity contribution in [3.8, 4) is 11.5 Å². The highest BCUT2D eigenvalue weighted by atomic mass is 16.5. The van der Waals surface area contributed by atoms with Crippen LogP contribution in [0.3, 0.4) is 0 Å². The minimum absolute atomic E-state index is 0.0106. The smallest absolute Gasteiger partial charge is 0.258 e. The fraction of sp³-hybridized carbons (Fsp3) is 0.400. The molecule has 1 atom stereocenters. The first-order valence-corrected chi connectivity index (χ1v) is 6.75. The van der Waals surface area contributed by atoms with Crippen molar-refractivity contribution in [2.45, 2.75) is 13.0 Å². The quantitative estimate of drug-likeness (QED) is 0.739. The van der Waals surface area contributed by atoms with Gasteiger partial charge in [-0.25, -0.2) is 0 Å². The Morgan fingerprint density at radius 1 is 1.60 bits per heavy atom. The van der Waals surface area contributed by atoms with Crippen LogP contribution in [0.2, 0.25) is 0 Å². The second-order valence-corrected chi connectivity index (χ2v) is 4.50. The number of amides is 1. The number of ether oxygens (including phenoxy) is 2. The maximum atomic E-state index is 11.4. The van der Waals surface area contributed by atoms with Crippen molar-refractivity contribution >= 4 is 5.91 Å². The van der Waals surface area contributed by atoms with Gasteiger partial charge in [0, 0.05) is 18.2 Å². The third-order valence-corrected chi connectivity index (χ3v) is 3.03. The molecule has 20 heavy (non-hydrogen) atoms. The van der Waals surface area contributed by atoms with Crippen LogP contribution in [0.4, 0.5) is 0 Å². The minimum Gasteiger partial charge on any atom is -0.491 e. The Kier molecular flexibility index (Phi) is 5.01. The summed E-state index contributed by atoms with van der Waals surface area (Å²) in [7, 11) is 0. The maximum Gasteiger partial charge on any atom is 0.258 e. The minimum atomic E-state index is -0.170. The van der Waals surface area contributed by atoms with Gasteiger partial charge in [-0.1, -0.05) is 13.0 Å². The molecule has 0 spiro atoms. The first kappa shape index (κ1) is 14.4. The third-order valence-electron chi connectivity index (χ3n) is 3.03. The summed E-state index contributed by atoms with van der Waals surface area (Å²) < 4.78 is 11.1. The van der Waals surface area contributed by atoms with Gasteiger partial charge in [-0.2, -0.15) is 0 Å². The number of benzene rings is 1. The molecule has 0 saturated carbocycles. The van der Waals surface area contributed by atoms with E-state index < -0.39 is 0 Å². The van der Waals surface area contributed by atoms with Gasteiger partial charge in [-0.3, -0.25) is 4.79 Å². The zero-order chi connectivity index (χ0) is 14.4. The van der Waals surface area contributed by atoms with E-state index in [4.69, 9.17) is 9.47 Å². The molecule has 1 aromatic rings. The van der Waals surface area contributed by atoms with Gasteiger partial charge in [0.25, 0.3) is 5.91 Å². The Morgan fingerprint density at radius 2 is 2.45 bits per heavy atom. The van der Waals surface area contributed by atoms with Gasteiger partial charge in [0.1, 0.15) is 18.1 Å². The average molecular weight is 276 g/mol. The molecule has 5 heteroatoms. The number of hydrogen-bond donors (Lipinski definition) is 2. The van der Waals surface area contributed by atoms with E-state index in [0.29, 0.717) is 18.9 Å². The van der Waals surface area contributed by atoms with E-state index in [1.165, 1.54) is 0 Å². The first-order chi connectivity index (χ1) is 9.74. The number of hydrogen-bond acceptors (Lipinski definition) is 4. The summed E-state index contributed by atoms with van der Waals surface area (Å²) in [5.74, 6) is 1.28. The maximum absolute atomic E-state index is 11.4. The molecule has 0 fully saturated rings. The van der Waals surface area contributed by atoms with Crippen molar-refractivity contribution in [1.29, 1.82) is 0 Å². The van der Waals surface area contributed by atoms with Gasteiger partial charge in [-0.05, 0) is 18.7 Å². The van der Waals surface area contributed by atoms with Crippen LogP contribution >= 0.6 is 0 Å². The summed E-state index contributed by atoms with van der Waals surface area (Å²) in [5.41, 5.74) is 1.13. The Morgan fingerprint density at radius 3 is 3.20 bits per heavy atom. The lowest BCUT2D eigenvalue weighted by atomic mass is 10.1. The molecular formula is C15H20N2O3. The second kappa shape index (κ2) is 6.96. The van der Waals surface area contributed by atoms with Crippen LogP contribution in [-0.2, 0) is 4.79 Å². The number of fused-ring (bicyclic) bond motifs is 1. The van der Waals surface area contributed by atoms with E-state index in [9.17, 15) is 4.79 Å². The normalized spacial score (nSPS) is 16.1. The number of likely N-dealkylation sites (N-methyl/N-ethyl adjacent to an activating group) is 1. The first-order valence-electron chi connectivity index (χ1n) is 6.75. The summed E-state index contributed by atoms with van der Waals surface area (Å²) in [5, 5.41) is 6.01. The Labute approximate surface area is 119 Å². The molecule has 5 nitrogen and oxygen atoms in total. The van der Waals surface area contributed by atoms with Crippen LogP contribution in [0.5, 0.6) is 11.5 Å². The van der Waals surface area contributed by atoms with Crippen molar-refractivity contribution in [2.75, 3.05) is 26.3 Å². The van der Waals surface area contributed by atoms with Gasteiger partial charge in [-0.15, -0.1) is 6.58 Å². The Balaban J connectivity index is 1.92. The van der Waals surface area contributed by atoms with Crippen LogP contribution in [0, 0.1) is 0 Å². The van der Waals surface area contributed by atoms with Crippen molar-refractivity contribution in [1.82, 2.24) is 10.6 Å². The second-order valence-electron chi connectivity index (χ2n) is 4.50. The molecule has 0 aliphatic carbocycles. The van der Waals surface area contributed by atoms with E-state index in [-0.39, 0.29) is 18.6 Å². The Bertz CT molecular complexity index is 488. The van der Waals surface area contributed by atoms with Crippen molar-refractivity contribution < 1.29 is 14.3 Å². The van der Waals surface area contributed by atoms with E-state index in [1.807, 2.05) is 18.2 Å². The number of nitrogens with one attached hydrogen (secondary N) is 2. The summed E-state index contributed by atoms with van der Waals surface area (Å²) in [6, 6.07) is 5.90. The summed E-state index contributed by atoms with van der Waals surface area (Å²) >= 11 is 0. The zero-order valence-corrected chi connectivity index (χ0v) is 11.6. The topological polar surface area (TPSA) is 59.6 Å². The molecule has 1 aliphatic rings. The highest BCUT2D eigenvalue weighted by molar-refractivity contribution is 5.77. The standard InChI is InChI=1S/C15H20N2O3/c1-3-7-17-15(18)10-19-11-5-6-12-13(16-4-2)9-20-14(12)8-11/h3,5-6,8,13,16H,1,4,7,9-10H2,2H3,(H,17,18). The molecule has 0 bridgehead atoms. The molecule has 1 amide bonds. The lowest BCUT2D eigenvalue weighted by Gasteiger charge is -2.10. The van der Waals surface area contributed by atoms with Crippen molar-refractivity contribution in [3.63, 3.8) is 0 Å². The number of rotatable bonds is 7. The Hall–Kier alpha value is -2.01. The molecule has 0 saturated heterocycles. The lowest BCUT2D eigenvalue weighted by Crippen LogP contribution is -2.28. The van der Waals surface area contributed by atoms with Gasteiger partial charge < -0.3 is 20.1 Å². The number of carbonyl (C=O) groups excluding carboxylic acids is 1. The predicted molar refractivity (Wildman–Crippen MR) is 77.1 cm³/mol. The fourth-order valence-electron chi connectivity index (χ4n) is 2.08. The largest absolute Gasteiger partial charge is 0.491 e. The number of carbonyl (C=O) groups is 1. The monoisotopic (exact) mass is 276 g/mol. The van der Waals surface area contributed by atoms with E-state index in [2.05, 4.69) is 24.1 Å². The highest BCUT2D eigenvalue weighted by Crippen LogP contribution is 2.35. The van der Waals surface area contributed by atoms with E-state index in [0.717, 1.165) is 17.9 Å². The predicted octanol–water partition coefficient (Wildman–Crippen LogP) is 1.41. The molecule has 2 rings (SSSR count). The summed E-state index contributed by atoms with van der Waals surface area (Å²) in [4.78, 5) is 11.4. The van der Waals surface area contributed by atoms with Crippen molar-refractivity contribution in [2.24, 2.45) is 0 Å². The fourth-order valence-corrected chi connectivity index (χ4v) is 2.08. The van der Waals surface area contributed by atoms with Crippen LogP contribution < -0.4 is 20.1 Å². The molecule has 108 valence electrons. The van der Waals surface area contributed by atoms with Gasteiger partial charge in [0.15, 0.2) is 6.61 Å². The van der Waals surface area contributed by atoms with Crippen LogP contribution in [-0.4, -0.2) is 32.2 Å². The van der Waals surface area contributed by atoms with Crippen molar-refractivity contribution in [3.05, 3.63) is 36.4 Å². The van der Waals surface area contributed by atoms with Crippen LogP contribution in [0.25, 0.3) is 0 Å². The molecule has 0 radical (unpaired) electrons. The molecule has 1 unspecified atom stereocenters. The molecule has 2 N–H and O–H groups in total. The summed E-state index contributed by atoms with van der Waals surface area (Å²) in [6.07, 6.45) is 1.63. The molecular weight excluding hydrogens is 256 g/mol. The summed E-state index contributed by atoms with van der Waals surface area (Å²) in [6.45, 7) is 7.56. The molecule has 0 aromatic heterocycles. The SMILES string of the molecule is C=CCNC(=O)COc1ccc2c(c1)OCC2NCC. The molecule has 1 aromatic carbocycles. The highest BCUT2D eigenvalue weighted by Gasteiger charge is 2.23. The lowest BCUT2D eigenvalue weighted by molar-refractivity contribution is -0.122. The third kappa shape index (κ3) is 3.51. The average Bonchev–Trinajstić information content (AvgIpc) is 2.86. The van der Waals surface area contributed by atoms with E-state index in [1.54, 1.807) is 6.08 Å². The molecule has 1 heterocycles. The van der Waals surface area contributed by atoms with Gasteiger partial charge >= 0.3 is 0 Å². The zero-order valence-electron chi connectivity index (χ0n) is 11.6. The molecule has 1 aliphatic heterocycles. The van der Waals surface area contributed by atoms with Crippen LogP contribution in [0.1, 0.15) is 18.5 Å². The van der Waals surface area contributed by atoms with Gasteiger partial charge in [0.2, 0.25) is 0 Å². The van der Waals surface area contributed by atoms with Gasteiger partial charge in [0.05, 0.1) is 6.04 Å². The van der Waals surface area contributed by atoms with Crippen LogP contribution in [0.15, 0.2) is 30.9 Å². The van der Waals surface area contributed by atoms with E-state index >= 15 is 0 Å².